The van der Waals surface area contributed by atoms with Crippen molar-refractivity contribution in [3.63, 3.8) is 0 Å². The molecule has 0 aliphatic heterocycles. The van der Waals surface area contributed by atoms with Crippen LogP contribution in [-0.2, 0) is 4.43 Å². The molecule has 2 aromatic carbocycles. The Morgan fingerprint density at radius 3 is 1.96 bits per heavy atom. The molecule has 0 fully saturated rings. The Labute approximate surface area is 147 Å². The summed E-state index contributed by atoms with van der Waals surface area (Å²) >= 11 is 0. The summed E-state index contributed by atoms with van der Waals surface area (Å²) in [6.07, 6.45) is 6.27. The third-order valence-electron chi connectivity index (χ3n) is 4.57. The summed E-state index contributed by atoms with van der Waals surface area (Å²) in [6.45, 7) is 11.4. The molecule has 0 amide bonds. The van der Waals surface area contributed by atoms with Gasteiger partial charge in [0.25, 0.3) is 8.32 Å². The van der Waals surface area contributed by atoms with Crippen LogP contribution in [0.1, 0.15) is 31.9 Å². The fraction of sp³-hybridized carbons (Fsp3) is 0.273. The molecular weight excluding hydrogens is 308 g/mol. The van der Waals surface area contributed by atoms with Crippen molar-refractivity contribution in [3.8, 4) is 0 Å². The molecule has 0 spiro atoms. The van der Waals surface area contributed by atoms with Gasteiger partial charge in [0.2, 0.25) is 0 Å². The van der Waals surface area contributed by atoms with Gasteiger partial charge in [-0.1, -0.05) is 93.6 Å². The van der Waals surface area contributed by atoms with E-state index in [-0.39, 0.29) is 5.04 Å². The quantitative estimate of drug-likeness (QED) is 0.333. The molecule has 0 bridgehead atoms. The molecule has 2 aromatic rings. The van der Waals surface area contributed by atoms with E-state index in [0.29, 0.717) is 0 Å². The lowest BCUT2D eigenvalue weighted by Gasteiger charge is -2.37. The highest BCUT2D eigenvalue weighted by molar-refractivity contribution is 6.74. The third-order valence-corrected chi connectivity index (χ3v) is 8.91. The van der Waals surface area contributed by atoms with Crippen LogP contribution in [0.15, 0.2) is 72.8 Å². The van der Waals surface area contributed by atoms with Gasteiger partial charge in [-0.15, -0.1) is 0 Å². The Morgan fingerprint density at radius 2 is 1.42 bits per heavy atom. The van der Waals surface area contributed by atoms with Crippen molar-refractivity contribution in [1.82, 2.24) is 0 Å². The van der Waals surface area contributed by atoms with Crippen LogP contribution in [0.4, 0.5) is 0 Å². The van der Waals surface area contributed by atoms with Gasteiger partial charge in [0.05, 0.1) is 0 Å². The zero-order chi connectivity index (χ0) is 17.6. The van der Waals surface area contributed by atoms with Gasteiger partial charge in [0.15, 0.2) is 0 Å². The molecular formula is C22H28OSi. The highest BCUT2D eigenvalue weighted by atomic mass is 28.4. The van der Waals surface area contributed by atoms with Crippen LogP contribution in [0, 0.1) is 0 Å². The molecule has 0 atom stereocenters. The summed E-state index contributed by atoms with van der Waals surface area (Å²) in [5.41, 5.74) is 2.31. The summed E-state index contributed by atoms with van der Waals surface area (Å²) < 4.78 is 6.58. The Bertz CT molecular complexity index is 692. The number of allylic oxidation sites excluding steroid dienone is 2. The minimum atomic E-state index is -1.88. The Balaban J connectivity index is 2.30. The van der Waals surface area contributed by atoms with E-state index in [1.54, 1.807) is 0 Å². The second kappa shape index (κ2) is 7.67. The average molecular weight is 337 g/mol. The van der Waals surface area contributed by atoms with E-state index in [2.05, 4.69) is 88.5 Å². The van der Waals surface area contributed by atoms with E-state index < -0.39 is 8.32 Å². The molecule has 1 nitrogen and oxygen atoms in total. The Kier molecular flexibility index (Phi) is 5.84. The van der Waals surface area contributed by atoms with Gasteiger partial charge in [-0.25, -0.2) is 0 Å². The van der Waals surface area contributed by atoms with Gasteiger partial charge in [-0.3, -0.25) is 0 Å². The van der Waals surface area contributed by atoms with Crippen LogP contribution >= 0.6 is 0 Å². The second-order valence-electron chi connectivity index (χ2n) is 7.53. The molecule has 0 radical (unpaired) electrons. The first-order valence-electron chi connectivity index (χ1n) is 8.47. The van der Waals surface area contributed by atoms with Crippen LogP contribution in [0.25, 0.3) is 11.8 Å². The maximum absolute atomic E-state index is 6.58. The van der Waals surface area contributed by atoms with Crippen LogP contribution in [0.3, 0.4) is 0 Å². The smallest absolute Gasteiger partial charge is 0.250 e. The molecule has 24 heavy (non-hydrogen) atoms. The fourth-order valence-electron chi connectivity index (χ4n) is 2.03. The lowest BCUT2D eigenvalue weighted by molar-refractivity contribution is 0.458. The SMILES string of the molecule is CC(C)(C)[Si](C)(C)O/C(=C/C=C/c1ccccc1)c1ccccc1. The highest BCUT2D eigenvalue weighted by Crippen LogP contribution is 2.39. The zero-order valence-corrected chi connectivity index (χ0v) is 16.4. The second-order valence-corrected chi connectivity index (χ2v) is 12.3. The van der Waals surface area contributed by atoms with E-state index in [1.165, 1.54) is 5.56 Å². The number of benzene rings is 2. The van der Waals surface area contributed by atoms with Crippen molar-refractivity contribution in [1.29, 1.82) is 0 Å². The predicted molar refractivity (Wildman–Crippen MR) is 108 cm³/mol. The molecule has 126 valence electrons. The lowest BCUT2D eigenvalue weighted by Crippen LogP contribution is -2.40. The predicted octanol–water partition coefficient (Wildman–Crippen LogP) is 6.76. The van der Waals surface area contributed by atoms with Crippen molar-refractivity contribution in [2.45, 2.75) is 38.9 Å². The van der Waals surface area contributed by atoms with Crippen molar-refractivity contribution in [2.75, 3.05) is 0 Å². The van der Waals surface area contributed by atoms with E-state index in [0.717, 1.165) is 11.3 Å². The van der Waals surface area contributed by atoms with Crippen molar-refractivity contribution in [2.24, 2.45) is 0 Å². The largest absolute Gasteiger partial charge is 0.543 e. The maximum Gasteiger partial charge on any atom is 0.250 e. The van der Waals surface area contributed by atoms with Gasteiger partial charge < -0.3 is 4.43 Å². The van der Waals surface area contributed by atoms with Crippen LogP contribution in [-0.4, -0.2) is 8.32 Å². The van der Waals surface area contributed by atoms with E-state index in [4.69, 9.17) is 4.43 Å². The molecule has 0 aliphatic rings. The van der Waals surface area contributed by atoms with Crippen LogP contribution in [0.2, 0.25) is 18.1 Å². The fourth-order valence-corrected chi connectivity index (χ4v) is 3.07. The lowest BCUT2D eigenvalue weighted by atomic mass is 10.1. The van der Waals surface area contributed by atoms with E-state index >= 15 is 0 Å². The Morgan fingerprint density at radius 1 is 0.875 bits per heavy atom. The molecule has 0 aliphatic carbocycles. The summed E-state index contributed by atoms with van der Waals surface area (Å²) in [4.78, 5) is 0. The maximum atomic E-state index is 6.58. The number of hydrogen-bond acceptors (Lipinski definition) is 1. The monoisotopic (exact) mass is 336 g/mol. The first-order valence-corrected chi connectivity index (χ1v) is 11.4. The first kappa shape index (κ1) is 18.3. The standard InChI is InChI=1S/C22H28OSi/c1-22(2,3)24(4,5)23-21(20-16-10-7-11-17-20)18-12-15-19-13-8-6-9-14-19/h6-18H,1-5H3/b15-12+,21-18+. The summed E-state index contributed by atoms with van der Waals surface area (Å²) in [6, 6.07) is 20.7. The van der Waals surface area contributed by atoms with E-state index in [9.17, 15) is 0 Å². The third kappa shape index (κ3) is 4.97. The molecule has 0 saturated carbocycles. The molecule has 2 heteroatoms. The average Bonchev–Trinajstić information content (AvgIpc) is 2.54. The van der Waals surface area contributed by atoms with E-state index in [1.807, 2.05) is 24.3 Å². The van der Waals surface area contributed by atoms with Crippen molar-refractivity contribution in [3.05, 3.63) is 83.9 Å². The molecule has 0 unspecified atom stereocenters. The highest BCUT2D eigenvalue weighted by Gasteiger charge is 2.39. The molecule has 0 N–H and O–H groups in total. The first-order chi connectivity index (χ1) is 11.3. The summed E-state index contributed by atoms with van der Waals surface area (Å²) in [7, 11) is -1.88. The normalized spacial score (nSPS) is 13.3. The van der Waals surface area contributed by atoms with Crippen molar-refractivity contribution < 1.29 is 4.43 Å². The van der Waals surface area contributed by atoms with Crippen LogP contribution < -0.4 is 0 Å². The number of hydrogen-bond donors (Lipinski definition) is 0. The molecule has 2 rings (SSSR count). The zero-order valence-electron chi connectivity index (χ0n) is 15.4. The van der Waals surface area contributed by atoms with Crippen LogP contribution in [0.5, 0.6) is 0 Å². The molecule has 0 aromatic heterocycles. The molecule has 0 heterocycles. The summed E-state index contributed by atoms with van der Waals surface area (Å²) in [5.74, 6) is 0.953. The Hall–Kier alpha value is -2.06. The van der Waals surface area contributed by atoms with Gasteiger partial charge >= 0.3 is 0 Å². The van der Waals surface area contributed by atoms with Crippen molar-refractivity contribution >= 4 is 20.2 Å². The summed E-state index contributed by atoms with van der Waals surface area (Å²) in [5, 5.41) is 0.171. The molecule has 0 saturated heterocycles. The van der Waals surface area contributed by atoms with Gasteiger partial charge in [0.1, 0.15) is 5.76 Å². The number of rotatable bonds is 5. The minimum Gasteiger partial charge on any atom is -0.543 e. The van der Waals surface area contributed by atoms with Gasteiger partial charge in [-0.05, 0) is 29.8 Å². The van der Waals surface area contributed by atoms with Gasteiger partial charge in [-0.2, -0.15) is 0 Å². The van der Waals surface area contributed by atoms with Gasteiger partial charge in [0, 0.05) is 5.56 Å². The minimum absolute atomic E-state index is 0.171. The topological polar surface area (TPSA) is 9.23 Å².